The SMILES string of the molecule is CC1CC(CN)CN1C(=O)c1c(F)cccc1F. The lowest BCUT2D eigenvalue weighted by Gasteiger charge is -2.22. The number of carbonyl (C=O) groups is 1. The van der Waals surface area contributed by atoms with Crippen LogP contribution in [-0.2, 0) is 0 Å². The van der Waals surface area contributed by atoms with Gasteiger partial charge in [0, 0.05) is 12.6 Å². The molecule has 1 fully saturated rings. The van der Waals surface area contributed by atoms with Gasteiger partial charge in [-0.3, -0.25) is 4.79 Å². The molecule has 0 bridgehead atoms. The van der Waals surface area contributed by atoms with E-state index in [1.54, 1.807) is 0 Å². The van der Waals surface area contributed by atoms with Crippen LogP contribution in [0.4, 0.5) is 8.78 Å². The van der Waals surface area contributed by atoms with Gasteiger partial charge in [-0.1, -0.05) is 6.07 Å². The highest BCUT2D eigenvalue weighted by atomic mass is 19.1. The molecule has 1 heterocycles. The van der Waals surface area contributed by atoms with Crippen LogP contribution >= 0.6 is 0 Å². The van der Waals surface area contributed by atoms with Gasteiger partial charge >= 0.3 is 0 Å². The van der Waals surface area contributed by atoms with Gasteiger partial charge in [0.15, 0.2) is 0 Å². The van der Waals surface area contributed by atoms with Gasteiger partial charge < -0.3 is 10.6 Å². The van der Waals surface area contributed by atoms with E-state index in [9.17, 15) is 13.6 Å². The zero-order valence-corrected chi connectivity index (χ0v) is 10.2. The van der Waals surface area contributed by atoms with Crippen LogP contribution in [0.25, 0.3) is 0 Å². The van der Waals surface area contributed by atoms with E-state index in [-0.39, 0.29) is 12.0 Å². The van der Waals surface area contributed by atoms with Gasteiger partial charge in [0.1, 0.15) is 17.2 Å². The first-order valence-corrected chi connectivity index (χ1v) is 5.99. The van der Waals surface area contributed by atoms with Crippen LogP contribution in [0, 0.1) is 17.6 Å². The van der Waals surface area contributed by atoms with Gasteiger partial charge in [-0.2, -0.15) is 0 Å². The van der Waals surface area contributed by atoms with Crippen LogP contribution in [0.1, 0.15) is 23.7 Å². The lowest BCUT2D eigenvalue weighted by Crippen LogP contribution is -2.35. The Bertz CT molecular complexity index is 444. The summed E-state index contributed by atoms with van der Waals surface area (Å²) in [5.41, 5.74) is 5.10. The van der Waals surface area contributed by atoms with E-state index in [0.717, 1.165) is 18.6 Å². The number of likely N-dealkylation sites (tertiary alicyclic amines) is 1. The second kappa shape index (κ2) is 5.02. The molecule has 0 saturated carbocycles. The van der Waals surface area contributed by atoms with Crippen LogP contribution in [0.15, 0.2) is 18.2 Å². The van der Waals surface area contributed by atoms with Gasteiger partial charge in [-0.05, 0) is 37.9 Å². The Kier molecular flexibility index (Phi) is 3.61. The van der Waals surface area contributed by atoms with E-state index >= 15 is 0 Å². The summed E-state index contributed by atoms with van der Waals surface area (Å²) in [5.74, 6) is -2.01. The fraction of sp³-hybridized carbons (Fsp3) is 0.462. The molecule has 18 heavy (non-hydrogen) atoms. The van der Waals surface area contributed by atoms with Crippen molar-refractivity contribution in [2.45, 2.75) is 19.4 Å². The summed E-state index contributed by atoms with van der Waals surface area (Å²) >= 11 is 0. The Labute approximate surface area is 105 Å². The van der Waals surface area contributed by atoms with E-state index in [1.165, 1.54) is 11.0 Å². The summed E-state index contributed by atoms with van der Waals surface area (Å²) in [7, 11) is 0. The minimum absolute atomic E-state index is 0.0370. The average molecular weight is 254 g/mol. The smallest absolute Gasteiger partial charge is 0.260 e. The lowest BCUT2D eigenvalue weighted by atomic mass is 10.1. The Hall–Kier alpha value is -1.49. The molecule has 0 spiro atoms. The number of benzene rings is 1. The quantitative estimate of drug-likeness (QED) is 0.874. The summed E-state index contributed by atoms with van der Waals surface area (Å²) in [6.07, 6.45) is 0.776. The minimum atomic E-state index is -0.816. The third kappa shape index (κ3) is 2.22. The fourth-order valence-electron chi connectivity index (χ4n) is 2.44. The zero-order valence-electron chi connectivity index (χ0n) is 10.2. The summed E-state index contributed by atoms with van der Waals surface area (Å²) < 4.78 is 27.1. The fourth-order valence-corrected chi connectivity index (χ4v) is 2.44. The molecular formula is C13H16F2N2O. The molecule has 0 aliphatic carbocycles. The molecule has 1 aliphatic heterocycles. The predicted molar refractivity (Wildman–Crippen MR) is 64.0 cm³/mol. The van der Waals surface area contributed by atoms with Gasteiger partial charge in [0.2, 0.25) is 0 Å². The van der Waals surface area contributed by atoms with Gasteiger partial charge in [0.25, 0.3) is 5.91 Å². The molecular weight excluding hydrogens is 238 g/mol. The first-order chi connectivity index (χ1) is 8.54. The predicted octanol–water partition coefficient (Wildman–Crippen LogP) is 1.77. The zero-order chi connectivity index (χ0) is 13.3. The summed E-state index contributed by atoms with van der Waals surface area (Å²) in [4.78, 5) is 13.7. The number of rotatable bonds is 2. The molecule has 5 heteroatoms. The molecule has 1 aliphatic rings. The molecule has 1 saturated heterocycles. The molecule has 0 radical (unpaired) electrons. The number of carbonyl (C=O) groups excluding carboxylic acids is 1. The van der Waals surface area contributed by atoms with Crippen molar-refractivity contribution in [3.63, 3.8) is 0 Å². The number of hydrogen-bond donors (Lipinski definition) is 1. The van der Waals surface area contributed by atoms with Crippen molar-refractivity contribution in [1.82, 2.24) is 4.90 Å². The van der Waals surface area contributed by atoms with Crippen LogP contribution in [0.3, 0.4) is 0 Å². The number of nitrogens with two attached hydrogens (primary N) is 1. The first kappa shape index (κ1) is 13.0. The molecule has 2 rings (SSSR count). The van der Waals surface area contributed by atoms with Crippen molar-refractivity contribution in [1.29, 1.82) is 0 Å². The Morgan fingerprint density at radius 1 is 1.44 bits per heavy atom. The molecule has 98 valence electrons. The number of nitrogens with zero attached hydrogens (tertiary/aromatic N) is 1. The highest BCUT2D eigenvalue weighted by molar-refractivity contribution is 5.95. The second-order valence-corrected chi connectivity index (χ2v) is 4.74. The highest BCUT2D eigenvalue weighted by Crippen LogP contribution is 2.25. The number of halogens is 2. The van der Waals surface area contributed by atoms with Crippen LogP contribution in [0.5, 0.6) is 0 Å². The first-order valence-electron chi connectivity index (χ1n) is 5.99. The van der Waals surface area contributed by atoms with E-state index in [1.807, 2.05) is 6.92 Å². The van der Waals surface area contributed by atoms with Crippen LogP contribution < -0.4 is 5.73 Å². The van der Waals surface area contributed by atoms with Gasteiger partial charge in [0.05, 0.1) is 0 Å². The summed E-state index contributed by atoms with van der Waals surface area (Å²) in [5, 5.41) is 0. The third-order valence-electron chi connectivity index (χ3n) is 3.43. The molecule has 3 nitrogen and oxygen atoms in total. The van der Waals surface area contributed by atoms with E-state index in [0.29, 0.717) is 13.1 Å². The van der Waals surface area contributed by atoms with Crippen molar-refractivity contribution in [3.05, 3.63) is 35.4 Å². The van der Waals surface area contributed by atoms with Gasteiger partial charge in [-0.25, -0.2) is 8.78 Å². The summed E-state index contributed by atoms with van der Waals surface area (Å²) in [6.45, 7) is 2.81. The molecule has 2 unspecified atom stereocenters. The van der Waals surface area contributed by atoms with E-state index < -0.39 is 23.1 Å². The highest BCUT2D eigenvalue weighted by Gasteiger charge is 2.34. The van der Waals surface area contributed by atoms with Crippen molar-refractivity contribution in [2.24, 2.45) is 11.7 Å². The molecule has 2 N–H and O–H groups in total. The molecule has 1 aromatic rings. The van der Waals surface area contributed by atoms with Gasteiger partial charge in [-0.15, -0.1) is 0 Å². The maximum atomic E-state index is 13.5. The molecule has 1 amide bonds. The Balaban J connectivity index is 2.27. The van der Waals surface area contributed by atoms with E-state index in [2.05, 4.69) is 0 Å². The van der Waals surface area contributed by atoms with Crippen molar-refractivity contribution >= 4 is 5.91 Å². The van der Waals surface area contributed by atoms with Crippen molar-refractivity contribution in [2.75, 3.05) is 13.1 Å². The standard InChI is InChI=1S/C13H16F2N2O/c1-8-5-9(6-16)7-17(8)13(18)12-10(14)3-2-4-11(12)15/h2-4,8-9H,5-7,16H2,1H3. The summed E-state index contributed by atoms with van der Waals surface area (Å²) in [6, 6.07) is 3.40. The molecule has 0 aromatic heterocycles. The largest absolute Gasteiger partial charge is 0.335 e. The third-order valence-corrected chi connectivity index (χ3v) is 3.43. The second-order valence-electron chi connectivity index (χ2n) is 4.74. The molecule has 1 aromatic carbocycles. The van der Waals surface area contributed by atoms with Crippen LogP contribution in [0.2, 0.25) is 0 Å². The van der Waals surface area contributed by atoms with Crippen LogP contribution in [-0.4, -0.2) is 29.9 Å². The minimum Gasteiger partial charge on any atom is -0.335 e. The molecule has 2 atom stereocenters. The monoisotopic (exact) mass is 254 g/mol. The maximum absolute atomic E-state index is 13.5. The number of hydrogen-bond acceptors (Lipinski definition) is 2. The Morgan fingerprint density at radius 3 is 2.56 bits per heavy atom. The Morgan fingerprint density at radius 2 is 2.06 bits per heavy atom. The van der Waals surface area contributed by atoms with Crippen molar-refractivity contribution < 1.29 is 13.6 Å². The normalized spacial score (nSPS) is 23.4. The lowest BCUT2D eigenvalue weighted by molar-refractivity contribution is 0.0733. The maximum Gasteiger partial charge on any atom is 0.260 e. The number of amides is 1. The topological polar surface area (TPSA) is 46.3 Å². The van der Waals surface area contributed by atoms with Crippen molar-refractivity contribution in [3.8, 4) is 0 Å². The van der Waals surface area contributed by atoms with E-state index in [4.69, 9.17) is 5.73 Å². The average Bonchev–Trinajstić information content (AvgIpc) is 2.70.